The van der Waals surface area contributed by atoms with Crippen LogP contribution in [0.15, 0.2) is 58.7 Å². The third-order valence-electron chi connectivity index (χ3n) is 4.73. The summed E-state index contributed by atoms with van der Waals surface area (Å²) < 4.78 is 0. The summed E-state index contributed by atoms with van der Waals surface area (Å²) in [4.78, 5) is 38.6. The molecule has 0 atom stereocenters. The number of halogens is 1. The summed E-state index contributed by atoms with van der Waals surface area (Å²) in [5.41, 5.74) is 1.96. The van der Waals surface area contributed by atoms with E-state index in [4.69, 9.17) is 11.6 Å². The van der Waals surface area contributed by atoms with Gasteiger partial charge in [-0.1, -0.05) is 41.9 Å². The largest absolute Gasteiger partial charge is 0.335 e. The molecule has 0 saturated heterocycles. The normalized spacial score (nSPS) is 11.0. The smallest absolute Gasteiger partial charge is 0.258 e. The second-order valence-electron chi connectivity index (χ2n) is 6.74. The van der Waals surface area contributed by atoms with Gasteiger partial charge in [-0.15, -0.1) is 11.3 Å². The first-order valence-corrected chi connectivity index (χ1v) is 10.8. The van der Waals surface area contributed by atoms with Crippen molar-refractivity contribution in [3.63, 3.8) is 0 Å². The average molecular weight is 439 g/mol. The maximum Gasteiger partial charge on any atom is 0.258 e. The van der Waals surface area contributed by atoms with Crippen LogP contribution in [0.3, 0.4) is 0 Å². The van der Waals surface area contributed by atoms with Crippen molar-refractivity contribution in [1.29, 1.82) is 0 Å². The average Bonchev–Trinajstić information content (AvgIpc) is 3.20. The highest BCUT2D eigenvalue weighted by molar-refractivity contribution is 7.13. The molecule has 0 unspecified atom stereocenters. The van der Waals surface area contributed by atoms with E-state index in [0.29, 0.717) is 34.0 Å². The molecule has 1 amide bonds. The molecule has 4 aromatic rings. The zero-order chi connectivity index (χ0) is 21.1. The van der Waals surface area contributed by atoms with E-state index in [0.717, 1.165) is 10.6 Å². The summed E-state index contributed by atoms with van der Waals surface area (Å²) >= 11 is 7.71. The minimum Gasteiger partial charge on any atom is -0.335 e. The minimum absolute atomic E-state index is 0.0793. The number of H-pyrrole nitrogens is 1. The highest BCUT2D eigenvalue weighted by Crippen LogP contribution is 2.30. The van der Waals surface area contributed by atoms with Gasteiger partial charge in [0.15, 0.2) is 0 Å². The molecule has 0 fully saturated rings. The van der Waals surface area contributed by atoms with Gasteiger partial charge in [0, 0.05) is 17.5 Å². The Morgan fingerprint density at radius 2 is 1.90 bits per heavy atom. The number of carbonyl (C=O) groups is 1. The fourth-order valence-electron chi connectivity index (χ4n) is 3.18. The molecule has 6 nitrogen and oxygen atoms in total. The second kappa shape index (κ2) is 8.77. The highest BCUT2D eigenvalue weighted by atomic mass is 35.5. The van der Waals surface area contributed by atoms with Crippen LogP contribution in [0.4, 0.5) is 0 Å². The zero-order valence-corrected chi connectivity index (χ0v) is 17.8. The fraction of sp³-hybridized carbons (Fsp3) is 0.182. The van der Waals surface area contributed by atoms with E-state index in [9.17, 15) is 9.59 Å². The summed E-state index contributed by atoms with van der Waals surface area (Å²) in [6.07, 6.45) is 0.173. The Kier molecular flexibility index (Phi) is 5.92. The number of aromatic nitrogens is 3. The summed E-state index contributed by atoms with van der Waals surface area (Å²) in [5.74, 6) is 0.383. The zero-order valence-electron chi connectivity index (χ0n) is 16.3. The van der Waals surface area contributed by atoms with Crippen LogP contribution in [0.25, 0.3) is 21.5 Å². The number of fused-ring (bicyclic) bond motifs is 1. The summed E-state index contributed by atoms with van der Waals surface area (Å²) in [6.45, 7) is 2.63. The lowest BCUT2D eigenvalue weighted by molar-refractivity contribution is -0.131. The maximum atomic E-state index is 12.9. The quantitative estimate of drug-likeness (QED) is 0.487. The molecule has 2 aromatic carbocycles. The van der Waals surface area contributed by atoms with Crippen molar-refractivity contribution in [3.8, 4) is 10.6 Å². The van der Waals surface area contributed by atoms with Gasteiger partial charge in [-0.05, 0) is 25.1 Å². The van der Waals surface area contributed by atoms with Gasteiger partial charge in [-0.3, -0.25) is 9.59 Å². The predicted molar refractivity (Wildman–Crippen MR) is 120 cm³/mol. The molecule has 0 aliphatic carbocycles. The molecule has 0 saturated carbocycles. The van der Waals surface area contributed by atoms with Crippen LogP contribution in [0.5, 0.6) is 0 Å². The van der Waals surface area contributed by atoms with E-state index in [1.54, 1.807) is 23.1 Å². The van der Waals surface area contributed by atoms with Crippen molar-refractivity contribution in [3.05, 3.63) is 80.8 Å². The van der Waals surface area contributed by atoms with E-state index in [2.05, 4.69) is 15.0 Å². The van der Waals surface area contributed by atoms with Gasteiger partial charge in [0.25, 0.3) is 5.56 Å². The van der Waals surface area contributed by atoms with Gasteiger partial charge in [0.05, 0.1) is 34.6 Å². The molecule has 0 radical (unpaired) electrons. The molecule has 0 spiro atoms. The molecule has 8 heteroatoms. The first-order valence-electron chi connectivity index (χ1n) is 9.50. The Labute approximate surface area is 182 Å². The molecule has 2 heterocycles. The van der Waals surface area contributed by atoms with Gasteiger partial charge in [-0.25, -0.2) is 9.97 Å². The first kappa shape index (κ1) is 20.3. The van der Waals surface area contributed by atoms with Crippen molar-refractivity contribution in [2.75, 3.05) is 6.54 Å². The van der Waals surface area contributed by atoms with Crippen molar-refractivity contribution < 1.29 is 4.79 Å². The highest BCUT2D eigenvalue weighted by Gasteiger charge is 2.17. The third kappa shape index (κ3) is 4.27. The molecule has 0 bridgehead atoms. The first-order chi connectivity index (χ1) is 14.5. The number of hydrogen-bond acceptors (Lipinski definition) is 5. The number of thiazole rings is 1. The number of amides is 1. The second-order valence-corrected chi connectivity index (χ2v) is 8.00. The van der Waals surface area contributed by atoms with E-state index in [1.165, 1.54) is 11.3 Å². The number of para-hydroxylation sites is 1. The van der Waals surface area contributed by atoms with Crippen LogP contribution in [0.1, 0.15) is 18.4 Å². The van der Waals surface area contributed by atoms with E-state index < -0.39 is 0 Å². The predicted octanol–water partition coefficient (Wildman–Crippen LogP) is 4.29. The molecule has 4 rings (SSSR count). The Bertz CT molecular complexity index is 1270. The number of benzene rings is 2. The number of nitrogens with zero attached hydrogens (tertiary/aromatic N) is 3. The summed E-state index contributed by atoms with van der Waals surface area (Å²) in [6, 6.07) is 14.7. The molecule has 152 valence electrons. The topological polar surface area (TPSA) is 79.0 Å². The lowest BCUT2D eigenvalue weighted by Gasteiger charge is -2.20. The number of hydrogen-bond donors (Lipinski definition) is 1. The third-order valence-corrected chi connectivity index (χ3v) is 5.98. The van der Waals surface area contributed by atoms with E-state index in [1.807, 2.05) is 42.6 Å². The van der Waals surface area contributed by atoms with Gasteiger partial charge in [0.2, 0.25) is 5.91 Å². The monoisotopic (exact) mass is 438 g/mol. The lowest BCUT2D eigenvalue weighted by atomic mass is 10.2. The van der Waals surface area contributed by atoms with Crippen LogP contribution in [0, 0.1) is 0 Å². The van der Waals surface area contributed by atoms with Gasteiger partial charge >= 0.3 is 0 Å². The number of likely N-dealkylation sites (N-methyl/N-ethyl adjacent to an activating group) is 1. The molecular weight excluding hydrogens is 420 g/mol. The SMILES string of the molecule is CCN(Cc1nc2ccccc2c(=O)[nH]1)C(=O)Cc1csc(-c2ccccc2Cl)n1. The lowest BCUT2D eigenvalue weighted by Crippen LogP contribution is -2.33. The molecule has 2 aromatic heterocycles. The minimum atomic E-state index is -0.206. The van der Waals surface area contributed by atoms with Crippen LogP contribution in [-0.2, 0) is 17.8 Å². The molecule has 30 heavy (non-hydrogen) atoms. The van der Waals surface area contributed by atoms with Crippen LogP contribution >= 0.6 is 22.9 Å². The standard InChI is InChI=1S/C22H19ClN4O2S/c1-2-27(12-19-25-18-10-6-4-8-16(18)21(29)26-19)20(28)11-14-13-30-22(24-14)15-7-3-5-9-17(15)23/h3-10,13H,2,11-12H2,1H3,(H,25,26,29). The van der Waals surface area contributed by atoms with Crippen molar-refractivity contribution in [2.24, 2.45) is 0 Å². The fourth-order valence-corrected chi connectivity index (χ4v) is 4.32. The summed E-state index contributed by atoms with van der Waals surface area (Å²) in [5, 5.41) is 3.82. The van der Waals surface area contributed by atoms with E-state index >= 15 is 0 Å². The Balaban J connectivity index is 1.50. The van der Waals surface area contributed by atoms with Crippen molar-refractivity contribution in [1.82, 2.24) is 19.9 Å². The molecule has 0 aliphatic rings. The van der Waals surface area contributed by atoms with Gasteiger partial charge in [-0.2, -0.15) is 0 Å². The number of carbonyl (C=O) groups excluding carboxylic acids is 1. The number of rotatable bonds is 6. The Morgan fingerprint density at radius 1 is 1.13 bits per heavy atom. The van der Waals surface area contributed by atoms with Crippen LogP contribution in [-0.4, -0.2) is 32.3 Å². The number of nitrogens with one attached hydrogen (secondary N) is 1. The van der Waals surface area contributed by atoms with Crippen LogP contribution in [0.2, 0.25) is 5.02 Å². The molecule has 0 aliphatic heterocycles. The van der Waals surface area contributed by atoms with Gasteiger partial charge < -0.3 is 9.88 Å². The summed E-state index contributed by atoms with van der Waals surface area (Å²) in [7, 11) is 0. The van der Waals surface area contributed by atoms with Crippen LogP contribution < -0.4 is 5.56 Å². The van der Waals surface area contributed by atoms with E-state index in [-0.39, 0.29) is 24.4 Å². The Morgan fingerprint density at radius 3 is 2.70 bits per heavy atom. The number of aromatic amines is 1. The maximum absolute atomic E-state index is 12.9. The van der Waals surface area contributed by atoms with Crippen molar-refractivity contribution >= 4 is 39.7 Å². The van der Waals surface area contributed by atoms with Crippen molar-refractivity contribution in [2.45, 2.75) is 19.9 Å². The molecular formula is C22H19ClN4O2S. The Hall–Kier alpha value is -3.03. The van der Waals surface area contributed by atoms with Gasteiger partial charge in [0.1, 0.15) is 10.8 Å². The molecule has 1 N–H and O–H groups in total.